The van der Waals surface area contributed by atoms with E-state index in [1.807, 2.05) is 0 Å². The summed E-state index contributed by atoms with van der Waals surface area (Å²) in [5.74, 6) is 0. The van der Waals surface area contributed by atoms with E-state index < -0.39 is 0 Å². The molecular formula is C19H37N. The average Bonchev–Trinajstić information content (AvgIpc) is 2.50. The molecule has 1 spiro atoms. The molecule has 1 atom stereocenters. The van der Waals surface area contributed by atoms with E-state index in [4.69, 9.17) is 0 Å². The average molecular weight is 280 g/mol. The van der Waals surface area contributed by atoms with E-state index in [1.54, 1.807) is 0 Å². The second-order valence-corrected chi connectivity index (χ2v) is 7.41. The lowest BCUT2D eigenvalue weighted by Crippen LogP contribution is -2.61. The Balaban J connectivity index is 2.34. The molecule has 0 amide bonds. The van der Waals surface area contributed by atoms with Gasteiger partial charge in [-0.3, -0.25) is 4.90 Å². The van der Waals surface area contributed by atoms with Crippen LogP contribution in [-0.2, 0) is 0 Å². The number of hydrogen-bond donors (Lipinski definition) is 0. The Morgan fingerprint density at radius 2 is 1.55 bits per heavy atom. The topological polar surface area (TPSA) is 3.24 Å². The van der Waals surface area contributed by atoms with Crippen LogP contribution in [0.25, 0.3) is 0 Å². The van der Waals surface area contributed by atoms with Gasteiger partial charge in [0.1, 0.15) is 0 Å². The summed E-state index contributed by atoms with van der Waals surface area (Å²) in [4.78, 5) is 2.85. The Bertz CT molecular complexity index is 286. The highest BCUT2D eigenvalue weighted by atomic mass is 15.2. The Hall–Kier alpha value is -0.0400. The van der Waals surface area contributed by atoms with E-state index in [0.717, 1.165) is 6.04 Å². The lowest BCUT2D eigenvalue weighted by molar-refractivity contribution is -0.128. The van der Waals surface area contributed by atoms with Crippen molar-refractivity contribution in [1.29, 1.82) is 0 Å². The van der Waals surface area contributed by atoms with Crippen molar-refractivity contribution in [3.63, 3.8) is 0 Å². The van der Waals surface area contributed by atoms with Gasteiger partial charge in [-0.15, -0.1) is 0 Å². The van der Waals surface area contributed by atoms with E-state index in [9.17, 15) is 0 Å². The van der Waals surface area contributed by atoms with Crippen LogP contribution in [0.1, 0.15) is 91.9 Å². The fourth-order valence-corrected chi connectivity index (χ4v) is 6.12. The van der Waals surface area contributed by atoms with Gasteiger partial charge in [0.2, 0.25) is 0 Å². The lowest BCUT2D eigenvalue weighted by atomic mass is 9.48. The Morgan fingerprint density at radius 1 is 0.900 bits per heavy atom. The summed E-state index contributed by atoms with van der Waals surface area (Å²) in [6, 6.07) is 0.837. The van der Waals surface area contributed by atoms with Gasteiger partial charge in [-0.25, -0.2) is 0 Å². The summed E-state index contributed by atoms with van der Waals surface area (Å²) in [7, 11) is 0. The van der Waals surface area contributed by atoms with Gasteiger partial charge >= 0.3 is 0 Å². The summed E-state index contributed by atoms with van der Waals surface area (Å²) in [6.45, 7) is 12.4. The summed E-state index contributed by atoms with van der Waals surface area (Å²) < 4.78 is 0. The van der Waals surface area contributed by atoms with Crippen molar-refractivity contribution in [2.75, 3.05) is 13.1 Å². The molecule has 1 saturated heterocycles. The van der Waals surface area contributed by atoms with Crippen LogP contribution in [0.4, 0.5) is 0 Å². The Kier molecular flexibility index (Phi) is 5.56. The second-order valence-electron chi connectivity index (χ2n) is 7.41. The van der Waals surface area contributed by atoms with Gasteiger partial charge in [0.25, 0.3) is 0 Å². The molecule has 20 heavy (non-hydrogen) atoms. The summed E-state index contributed by atoms with van der Waals surface area (Å²) in [5, 5.41) is 0. The molecule has 1 heterocycles. The summed E-state index contributed by atoms with van der Waals surface area (Å²) >= 11 is 0. The van der Waals surface area contributed by atoms with Gasteiger partial charge in [-0.1, -0.05) is 47.0 Å². The van der Waals surface area contributed by atoms with Gasteiger partial charge in [-0.05, 0) is 68.9 Å². The third-order valence-electron chi connectivity index (χ3n) is 6.98. The number of likely N-dealkylation sites (tertiary alicyclic amines) is 1. The highest BCUT2D eigenvalue weighted by Gasteiger charge is 2.56. The van der Waals surface area contributed by atoms with E-state index in [-0.39, 0.29) is 0 Å². The zero-order valence-electron chi connectivity index (χ0n) is 14.5. The molecule has 0 aromatic rings. The van der Waals surface area contributed by atoms with Gasteiger partial charge in [0.15, 0.2) is 0 Å². The highest BCUT2D eigenvalue weighted by Crippen LogP contribution is 2.61. The van der Waals surface area contributed by atoms with Crippen molar-refractivity contribution < 1.29 is 0 Å². The maximum Gasteiger partial charge on any atom is 0.0154 e. The zero-order valence-corrected chi connectivity index (χ0v) is 14.5. The van der Waals surface area contributed by atoms with Crippen LogP contribution >= 0.6 is 0 Å². The molecule has 0 aromatic heterocycles. The molecule has 1 nitrogen and oxygen atoms in total. The number of rotatable bonds is 5. The first-order valence-corrected chi connectivity index (χ1v) is 9.43. The maximum atomic E-state index is 2.85. The molecule has 0 aromatic carbocycles. The largest absolute Gasteiger partial charge is 0.300 e. The second kappa shape index (κ2) is 6.81. The number of piperidine rings is 1. The van der Waals surface area contributed by atoms with Crippen LogP contribution < -0.4 is 0 Å². The SMILES string of the molecule is CCCN1CCC2(CCCCC2)C(CC)(CC)C1CC. The van der Waals surface area contributed by atoms with Crippen LogP contribution in [0.15, 0.2) is 0 Å². The van der Waals surface area contributed by atoms with Gasteiger partial charge in [-0.2, -0.15) is 0 Å². The van der Waals surface area contributed by atoms with Crippen LogP contribution in [0.5, 0.6) is 0 Å². The van der Waals surface area contributed by atoms with Gasteiger partial charge < -0.3 is 0 Å². The molecule has 2 rings (SSSR count). The predicted octanol–water partition coefficient (Wildman–Crippen LogP) is 5.64. The van der Waals surface area contributed by atoms with Crippen LogP contribution in [0, 0.1) is 10.8 Å². The molecule has 2 aliphatic rings. The molecule has 1 aliphatic heterocycles. The molecule has 1 unspecified atom stereocenters. The minimum Gasteiger partial charge on any atom is -0.300 e. The minimum absolute atomic E-state index is 0.593. The lowest BCUT2D eigenvalue weighted by Gasteiger charge is -2.63. The molecule has 2 fully saturated rings. The van der Waals surface area contributed by atoms with Crippen molar-refractivity contribution in [3.8, 4) is 0 Å². The number of hydrogen-bond acceptors (Lipinski definition) is 1. The first-order chi connectivity index (χ1) is 9.69. The predicted molar refractivity (Wildman–Crippen MR) is 89.1 cm³/mol. The Morgan fingerprint density at radius 3 is 2.05 bits per heavy atom. The quantitative estimate of drug-likeness (QED) is 0.629. The molecule has 118 valence electrons. The fourth-order valence-electron chi connectivity index (χ4n) is 6.12. The molecule has 1 saturated carbocycles. The van der Waals surface area contributed by atoms with Gasteiger partial charge in [0.05, 0.1) is 0 Å². The van der Waals surface area contributed by atoms with E-state index in [0.29, 0.717) is 10.8 Å². The molecule has 1 aliphatic carbocycles. The fraction of sp³-hybridized carbons (Fsp3) is 1.00. The standard InChI is InChI=1S/C19H37N/c1-5-15-20-16-14-18(12-10-9-11-13-18)19(7-3,8-4)17(20)6-2/h17H,5-16H2,1-4H3. The van der Waals surface area contributed by atoms with Crippen molar-refractivity contribution in [1.82, 2.24) is 4.90 Å². The smallest absolute Gasteiger partial charge is 0.0154 e. The molecular weight excluding hydrogens is 242 g/mol. The zero-order chi connectivity index (χ0) is 14.6. The van der Waals surface area contributed by atoms with Crippen molar-refractivity contribution in [3.05, 3.63) is 0 Å². The number of nitrogens with zero attached hydrogens (tertiary/aromatic N) is 1. The van der Waals surface area contributed by atoms with E-state index >= 15 is 0 Å². The van der Waals surface area contributed by atoms with Crippen LogP contribution in [0.2, 0.25) is 0 Å². The first-order valence-electron chi connectivity index (χ1n) is 9.43. The third-order valence-corrected chi connectivity index (χ3v) is 6.98. The molecule has 0 bridgehead atoms. The summed E-state index contributed by atoms with van der Waals surface area (Å²) in [5.41, 5.74) is 1.27. The third kappa shape index (κ3) is 2.45. The van der Waals surface area contributed by atoms with Gasteiger partial charge in [0, 0.05) is 6.04 Å². The molecule has 0 radical (unpaired) electrons. The van der Waals surface area contributed by atoms with Crippen LogP contribution in [-0.4, -0.2) is 24.0 Å². The van der Waals surface area contributed by atoms with Crippen molar-refractivity contribution in [2.45, 2.75) is 97.9 Å². The molecule has 1 heteroatoms. The highest BCUT2D eigenvalue weighted by molar-refractivity contribution is 5.08. The maximum absolute atomic E-state index is 2.85. The molecule has 0 N–H and O–H groups in total. The minimum atomic E-state index is 0.593. The van der Waals surface area contributed by atoms with Crippen molar-refractivity contribution in [2.24, 2.45) is 10.8 Å². The Labute approximate surface area is 127 Å². The van der Waals surface area contributed by atoms with Crippen molar-refractivity contribution >= 4 is 0 Å². The first kappa shape index (κ1) is 16.3. The normalized spacial score (nSPS) is 29.7. The van der Waals surface area contributed by atoms with E-state index in [2.05, 4.69) is 32.6 Å². The monoisotopic (exact) mass is 279 g/mol. The summed E-state index contributed by atoms with van der Waals surface area (Å²) in [6.07, 6.45) is 14.4. The van der Waals surface area contributed by atoms with Crippen LogP contribution in [0.3, 0.4) is 0 Å². The van der Waals surface area contributed by atoms with E-state index in [1.165, 1.54) is 77.3 Å².